The number of allylic oxidation sites excluding steroid dienone is 6. The quantitative estimate of drug-likeness (QED) is 0.133. The first kappa shape index (κ1) is 52.2. The number of primary amides is 1. The van der Waals surface area contributed by atoms with Crippen LogP contribution in [0.3, 0.4) is 0 Å². The van der Waals surface area contributed by atoms with Crippen LogP contribution in [-0.2, 0) is 42.7 Å². The largest absolute Gasteiger partial charge is 0.490 e. The van der Waals surface area contributed by atoms with Crippen LogP contribution in [0.4, 0.5) is 4.79 Å². The number of carbonyl (C=O) groups excluding carboxylic acids is 2. The van der Waals surface area contributed by atoms with Crippen LogP contribution in [0, 0.1) is 35.5 Å². The van der Waals surface area contributed by atoms with Crippen LogP contribution in [0.15, 0.2) is 59.4 Å². The summed E-state index contributed by atoms with van der Waals surface area (Å²) < 4.78 is 48.3. The van der Waals surface area contributed by atoms with Gasteiger partial charge in [-0.2, -0.15) is 0 Å². The smallest absolute Gasteiger partial charge is 0.404 e. The van der Waals surface area contributed by atoms with Crippen molar-refractivity contribution < 1.29 is 67.9 Å². The molecule has 0 radical (unpaired) electrons. The Bertz CT molecular complexity index is 1570. The van der Waals surface area contributed by atoms with Crippen molar-refractivity contribution in [2.24, 2.45) is 41.2 Å². The van der Waals surface area contributed by atoms with Crippen molar-refractivity contribution in [3.05, 3.63) is 59.4 Å². The molecule has 15 nitrogen and oxygen atoms in total. The van der Waals surface area contributed by atoms with E-state index < -0.39 is 103 Å². The van der Waals surface area contributed by atoms with Gasteiger partial charge in [0, 0.05) is 56.7 Å². The van der Waals surface area contributed by atoms with E-state index in [9.17, 15) is 30.0 Å². The predicted octanol–water partition coefficient (Wildman–Crippen LogP) is 5.25. The van der Waals surface area contributed by atoms with Gasteiger partial charge in [0.1, 0.15) is 12.2 Å². The average Bonchev–Trinajstić information content (AvgIpc) is 3.21. The lowest BCUT2D eigenvalue weighted by Crippen LogP contribution is -2.60. The van der Waals surface area contributed by atoms with Crippen molar-refractivity contribution in [1.82, 2.24) is 0 Å². The average molecular weight is 866 g/mol. The summed E-state index contributed by atoms with van der Waals surface area (Å²) in [5, 5.41) is 45.6. The van der Waals surface area contributed by atoms with Crippen molar-refractivity contribution in [3.63, 3.8) is 0 Å². The van der Waals surface area contributed by atoms with E-state index >= 15 is 0 Å². The lowest BCUT2D eigenvalue weighted by atomic mass is 9.77. The second kappa shape index (κ2) is 23.5. The molecule has 348 valence electrons. The SMILES string of the molecule is C/C=C/[C@H]1O[C@@](OC)([C@@H](C)[C@H](O)[C@H](C)[C@H]2OC(=O)C(OC)=C/C(C)=C/[C@@H](C)[C@@H](O)[C@@H](C)[C@@H](O)[C@H](C)C/C(C)=C\C=C\[C@@H]2OC)CC(OC2CC(O)C(OC(N)=O)C(C)O2)[C@@H]1C. The molecule has 3 aliphatic rings. The first-order chi connectivity index (χ1) is 28.6. The van der Waals surface area contributed by atoms with Crippen LogP contribution < -0.4 is 5.73 Å². The maximum Gasteiger partial charge on any atom is 0.404 e. The Hall–Kier alpha value is -3.12. The Morgan fingerprint density at radius 2 is 1.70 bits per heavy atom. The Kier molecular flexibility index (Phi) is 20.1. The molecule has 0 aromatic heterocycles. The van der Waals surface area contributed by atoms with Crippen LogP contribution in [-0.4, -0.2) is 127 Å². The van der Waals surface area contributed by atoms with Gasteiger partial charge >= 0.3 is 12.1 Å². The third kappa shape index (κ3) is 13.4. The number of aliphatic hydroxyl groups is 4. The summed E-state index contributed by atoms with van der Waals surface area (Å²) in [7, 11) is 4.35. The number of cyclic esters (lactones) is 1. The number of amides is 1. The normalized spacial score (nSPS) is 41.3. The zero-order chi connectivity index (χ0) is 45.9. The monoisotopic (exact) mass is 866 g/mol. The van der Waals surface area contributed by atoms with Crippen LogP contribution >= 0.6 is 0 Å². The van der Waals surface area contributed by atoms with Crippen molar-refractivity contribution in [2.45, 2.75) is 162 Å². The molecule has 0 saturated carbocycles. The van der Waals surface area contributed by atoms with Gasteiger partial charge in [-0.25, -0.2) is 9.59 Å². The highest BCUT2D eigenvalue weighted by molar-refractivity contribution is 5.87. The molecule has 0 bridgehead atoms. The number of carbonyl (C=O) groups is 2. The number of esters is 1. The molecular formula is C46H75NO14. The van der Waals surface area contributed by atoms with Crippen molar-refractivity contribution >= 4 is 12.1 Å². The number of aliphatic hydroxyl groups excluding tert-OH is 4. The first-order valence-corrected chi connectivity index (χ1v) is 21.5. The first-order valence-electron chi connectivity index (χ1n) is 21.5. The lowest BCUT2D eigenvalue weighted by Gasteiger charge is -2.51. The van der Waals surface area contributed by atoms with E-state index in [-0.39, 0.29) is 36.4 Å². The fraction of sp³-hybridized carbons (Fsp3) is 0.739. The van der Waals surface area contributed by atoms with Gasteiger partial charge in [0.15, 0.2) is 18.2 Å². The van der Waals surface area contributed by atoms with Crippen molar-refractivity contribution in [1.29, 1.82) is 0 Å². The molecule has 3 heterocycles. The molecule has 0 aliphatic carbocycles. The van der Waals surface area contributed by atoms with E-state index in [1.165, 1.54) is 27.4 Å². The predicted molar refractivity (Wildman–Crippen MR) is 228 cm³/mol. The zero-order valence-electron chi connectivity index (χ0n) is 38.4. The lowest BCUT2D eigenvalue weighted by molar-refractivity contribution is -0.346. The molecule has 61 heavy (non-hydrogen) atoms. The highest BCUT2D eigenvalue weighted by Crippen LogP contribution is 2.44. The van der Waals surface area contributed by atoms with Crippen molar-refractivity contribution in [3.8, 4) is 0 Å². The molecule has 3 aliphatic heterocycles. The Labute approximate surface area is 362 Å². The number of methoxy groups -OCH3 is 3. The molecule has 6 N–H and O–H groups in total. The maximum absolute atomic E-state index is 14.0. The van der Waals surface area contributed by atoms with Crippen molar-refractivity contribution in [2.75, 3.05) is 21.3 Å². The summed E-state index contributed by atoms with van der Waals surface area (Å²) in [5.41, 5.74) is 6.83. The summed E-state index contributed by atoms with van der Waals surface area (Å²) in [6.45, 7) is 18.4. The minimum Gasteiger partial charge on any atom is -0.490 e. The fourth-order valence-electron chi connectivity index (χ4n) is 8.94. The summed E-state index contributed by atoms with van der Waals surface area (Å²) in [5.74, 6) is -5.03. The van der Waals surface area contributed by atoms with Crippen LogP contribution in [0.25, 0.3) is 0 Å². The minimum atomic E-state index is -1.43. The second-order valence-corrected chi connectivity index (χ2v) is 17.4. The molecule has 2 fully saturated rings. The molecule has 0 spiro atoms. The third-order valence-electron chi connectivity index (χ3n) is 12.8. The molecular weight excluding hydrogens is 790 g/mol. The van der Waals surface area contributed by atoms with Gasteiger partial charge in [-0.1, -0.05) is 89.1 Å². The molecule has 3 rings (SSSR count). The highest BCUT2D eigenvalue weighted by atomic mass is 16.7. The van der Waals surface area contributed by atoms with E-state index in [0.717, 1.165) is 5.57 Å². The van der Waals surface area contributed by atoms with Gasteiger partial charge in [-0.15, -0.1) is 0 Å². The van der Waals surface area contributed by atoms with Gasteiger partial charge in [0.2, 0.25) is 5.76 Å². The molecule has 2 saturated heterocycles. The van der Waals surface area contributed by atoms with Crippen LogP contribution in [0.5, 0.6) is 0 Å². The van der Waals surface area contributed by atoms with E-state index in [2.05, 4.69) is 0 Å². The van der Waals surface area contributed by atoms with Gasteiger partial charge in [-0.05, 0) is 46.1 Å². The number of rotatable bonds is 11. The summed E-state index contributed by atoms with van der Waals surface area (Å²) in [6.07, 6.45) is 2.81. The van der Waals surface area contributed by atoms with Gasteiger partial charge < -0.3 is 64.1 Å². The number of ether oxygens (including phenoxy) is 8. The third-order valence-corrected chi connectivity index (χ3v) is 12.8. The van der Waals surface area contributed by atoms with Gasteiger partial charge in [0.05, 0.1) is 49.8 Å². The van der Waals surface area contributed by atoms with Crippen LogP contribution in [0.1, 0.15) is 88.5 Å². The van der Waals surface area contributed by atoms with Crippen LogP contribution in [0.2, 0.25) is 0 Å². The zero-order valence-corrected chi connectivity index (χ0v) is 38.4. The standard InChI is InChI=1S/C46H75NO14/c1-14-16-34-28(6)37(58-38-22-33(48)43(32(10)57-38)60-45(47)53)23-46(56-13,61-34)31(9)41(51)30(8)42-35(54-11)18-15-17-24(2)19-26(4)39(49)29(7)40(50)27(5)20-25(3)21-36(55-12)44(52)59-42/h14-18,20-21,26-35,37-43,48-51H,19,22-23H2,1-13H3,(H2,47,53)/b16-14+,18-15+,24-17-,25-20+,36-21?/t26-,27-,28-,29+,30+,31+,32?,33?,34-,35+,37?,38?,39+,40-,41-,42-,43?,46-/m1/s1. The summed E-state index contributed by atoms with van der Waals surface area (Å²) >= 11 is 0. The maximum atomic E-state index is 14.0. The highest BCUT2D eigenvalue weighted by Gasteiger charge is 2.54. The number of nitrogens with two attached hydrogens (primary N) is 1. The topological polar surface area (TPSA) is 215 Å². The summed E-state index contributed by atoms with van der Waals surface area (Å²) in [6, 6.07) is 0. The number of hydrogen-bond donors (Lipinski definition) is 5. The second-order valence-electron chi connectivity index (χ2n) is 17.4. The van der Waals surface area contributed by atoms with E-state index in [0.29, 0.717) is 12.0 Å². The Balaban J connectivity index is 2.03. The fourth-order valence-corrected chi connectivity index (χ4v) is 8.94. The van der Waals surface area contributed by atoms with E-state index in [1.54, 1.807) is 39.8 Å². The molecule has 15 heteroatoms. The van der Waals surface area contributed by atoms with E-state index in [4.69, 9.17) is 43.6 Å². The van der Waals surface area contributed by atoms with Gasteiger partial charge in [-0.3, -0.25) is 0 Å². The Morgan fingerprint density at radius 1 is 1.03 bits per heavy atom. The Morgan fingerprint density at radius 3 is 2.28 bits per heavy atom. The molecule has 0 aromatic rings. The number of hydrogen-bond acceptors (Lipinski definition) is 14. The molecule has 5 unspecified atom stereocenters. The molecule has 0 aromatic carbocycles. The minimum absolute atomic E-state index is 0.0118. The van der Waals surface area contributed by atoms with E-state index in [1.807, 2.05) is 65.8 Å². The molecule has 18 atom stereocenters. The van der Waals surface area contributed by atoms with Gasteiger partial charge in [0.25, 0.3) is 0 Å². The molecule has 1 amide bonds. The summed E-state index contributed by atoms with van der Waals surface area (Å²) in [4.78, 5) is 25.4.